The quantitative estimate of drug-likeness (QED) is 0.584. The summed E-state index contributed by atoms with van der Waals surface area (Å²) >= 11 is 0. The van der Waals surface area contributed by atoms with Crippen LogP contribution in [0, 0.1) is 5.92 Å². The highest BCUT2D eigenvalue weighted by Gasteiger charge is 2.25. The van der Waals surface area contributed by atoms with Gasteiger partial charge in [-0.1, -0.05) is 25.5 Å². The number of hydrogen-bond donors (Lipinski definition) is 0. The van der Waals surface area contributed by atoms with E-state index in [2.05, 4.69) is 37.9 Å². The Bertz CT molecular complexity index is 151. The normalized spacial score (nSPS) is 31.9. The SMILES string of the molecule is CCC/C=C/C1CCN(C)C1C. The molecule has 1 aliphatic heterocycles. The summed E-state index contributed by atoms with van der Waals surface area (Å²) in [5.41, 5.74) is 0. The van der Waals surface area contributed by atoms with Crippen LogP contribution in [0.5, 0.6) is 0 Å². The van der Waals surface area contributed by atoms with Crippen molar-refractivity contribution in [3.8, 4) is 0 Å². The fourth-order valence-electron chi connectivity index (χ4n) is 1.82. The largest absolute Gasteiger partial charge is 0.303 e. The van der Waals surface area contributed by atoms with Crippen LogP contribution in [0.1, 0.15) is 33.1 Å². The Morgan fingerprint density at radius 1 is 1.50 bits per heavy atom. The molecule has 12 heavy (non-hydrogen) atoms. The van der Waals surface area contributed by atoms with Crippen molar-refractivity contribution in [1.29, 1.82) is 0 Å². The lowest BCUT2D eigenvalue weighted by Crippen LogP contribution is -2.24. The predicted octanol–water partition coefficient (Wildman–Crippen LogP) is 2.68. The minimum atomic E-state index is 0.748. The Morgan fingerprint density at radius 3 is 2.75 bits per heavy atom. The second-order valence-electron chi connectivity index (χ2n) is 3.89. The molecule has 1 nitrogen and oxygen atoms in total. The maximum absolute atomic E-state index is 2.45. The molecular weight excluding hydrogens is 146 g/mol. The highest BCUT2D eigenvalue weighted by Crippen LogP contribution is 2.23. The van der Waals surface area contributed by atoms with Crippen LogP contribution in [0.3, 0.4) is 0 Å². The van der Waals surface area contributed by atoms with Gasteiger partial charge >= 0.3 is 0 Å². The van der Waals surface area contributed by atoms with Crippen molar-refractivity contribution in [2.45, 2.75) is 39.2 Å². The zero-order valence-corrected chi connectivity index (χ0v) is 8.59. The summed E-state index contributed by atoms with van der Waals surface area (Å²) in [6, 6.07) is 0.748. The van der Waals surface area contributed by atoms with Crippen LogP contribution in [-0.4, -0.2) is 24.5 Å². The van der Waals surface area contributed by atoms with Gasteiger partial charge in [0, 0.05) is 6.04 Å². The molecule has 0 radical (unpaired) electrons. The van der Waals surface area contributed by atoms with Gasteiger partial charge in [0.1, 0.15) is 0 Å². The molecule has 1 saturated heterocycles. The van der Waals surface area contributed by atoms with Crippen molar-refractivity contribution in [2.75, 3.05) is 13.6 Å². The van der Waals surface area contributed by atoms with Crippen LogP contribution < -0.4 is 0 Å². The maximum atomic E-state index is 2.45. The highest BCUT2D eigenvalue weighted by molar-refractivity contribution is 4.97. The second kappa shape index (κ2) is 4.66. The van der Waals surface area contributed by atoms with Crippen molar-refractivity contribution in [1.82, 2.24) is 4.90 Å². The van der Waals surface area contributed by atoms with Crippen molar-refractivity contribution in [3.63, 3.8) is 0 Å². The zero-order valence-electron chi connectivity index (χ0n) is 8.59. The third kappa shape index (κ3) is 2.34. The minimum absolute atomic E-state index is 0.748. The first-order valence-electron chi connectivity index (χ1n) is 5.12. The molecular formula is C11H21N. The van der Waals surface area contributed by atoms with Gasteiger partial charge < -0.3 is 4.90 Å². The zero-order chi connectivity index (χ0) is 8.97. The van der Waals surface area contributed by atoms with Crippen molar-refractivity contribution >= 4 is 0 Å². The van der Waals surface area contributed by atoms with E-state index in [9.17, 15) is 0 Å². The van der Waals surface area contributed by atoms with Gasteiger partial charge in [-0.05, 0) is 39.3 Å². The van der Waals surface area contributed by atoms with Gasteiger partial charge in [-0.2, -0.15) is 0 Å². The predicted molar refractivity (Wildman–Crippen MR) is 54.2 cm³/mol. The molecule has 0 spiro atoms. The highest BCUT2D eigenvalue weighted by atomic mass is 15.1. The second-order valence-corrected chi connectivity index (χ2v) is 3.89. The molecule has 0 aromatic heterocycles. The van der Waals surface area contributed by atoms with Crippen molar-refractivity contribution < 1.29 is 0 Å². The lowest BCUT2D eigenvalue weighted by Gasteiger charge is -2.17. The number of nitrogens with zero attached hydrogens (tertiary/aromatic N) is 1. The third-order valence-electron chi connectivity index (χ3n) is 2.97. The first-order chi connectivity index (χ1) is 5.75. The molecule has 1 rings (SSSR count). The van der Waals surface area contributed by atoms with Crippen LogP contribution in [0.15, 0.2) is 12.2 Å². The van der Waals surface area contributed by atoms with Gasteiger partial charge in [-0.15, -0.1) is 0 Å². The first-order valence-corrected chi connectivity index (χ1v) is 5.12. The van der Waals surface area contributed by atoms with E-state index in [4.69, 9.17) is 0 Å². The first kappa shape index (κ1) is 9.79. The van der Waals surface area contributed by atoms with E-state index >= 15 is 0 Å². The smallest absolute Gasteiger partial charge is 0.0127 e. The molecule has 0 aromatic rings. The molecule has 1 heteroatoms. The molecule has 0 saturated carbocycles. The average molecular weight is 167 g/mol. The fourth-order valence-corrected chi connectivity index (χ4v) is 1.82. The molecule has 1 fully saturated rings. The molecule has 0 N–H and O–H groups in total. The lowest BCUT2D eigenvalue weighted by atomic mass is 10.0. The van der Waals surface area contributed by atoms with Crippen molar-refractivity contribution in [3.05, 3.63) is 12.2 Å². The number of rotatable bonds is 3. The monoisotopic (exact) mass is 167 g/mol. The summed E-state index contributed by atoms with van der Waals surface area (Å²) in [4.78, 5) is 2.45. The Kier molecular flexibility index (Phi) is 3.80. The van der Waals surface area contributed by atoms with Gasteiger partial charge in [-0.3, -0.25) is 0 Å². The standard InChI is InChI=1S/C11H21N/c1-4-5-6-7-11-8-9-12(3)10(11)2/h6-7,10-11H,4-5,8-9H2,1-3H3/b7-6+. The van der Waals surface area contributed by atoms with E-state index in [0.717, 1.165) is 12.0 Å². The summed E-state index contributed by atoms with van der Waals surface area (Å²) in [7, 11) is 2.22. The van der Waals surface area contributed by atoms with Gasteiger partial charge in [-0.25, -0.2) is 0 Å². The summed E-state index contributed by atoms with van der Waals surface area (Å²) in [5.74, 6) is 0.807. The molecule has 0 aromatic carbocycles. The topological polar surface area (TPSA) is 3.24 Å². The fraction of sp³-hybridized carbons (Fsp3) is 0.818. The van der Waals surface area contributed by atoms with Crippen LogP contribution in [0.2, 0.25) is 0 Å². The van der Waals surface area contributed by atoms with Gasteiger partial charge in [0.05, 0.1) is 0 Å². The summed E-state index contributed by atoms with van der Waals surface area (Å²) in [6.45, 7) is 5.82. The average Bonchev–Trinajstić information content (AvgIpc) is 2.36. The van der Waals surface area contributed by atoms with E-state index in [0.29, 0.717) is 0 Å². The summed E-state index contributed by atoms with van der Waals surface area (Å²) in [6.07, 6.45) is 8.62. The Balaban J connectivity index is 2.33. The number of allylic oxidation sites excluding steroid dienone is 1. The van der Waals surface area contributed by atoms with E-state index < -0.39 is 0 Å². The van der Waals surface area contributed by atoms with E-state index in [1.165, 1.54) is 25.8 Å². The van der Waals surface area contributed by atoms with E-state index in [1.54, 1.807) is 0 Å². The minimum Gasteiger partial charge on any atom is -0.303 e. The number of unbranched alkanes of at least 4 members (excludes halogenated alkanes) is 1. The molecule has 1 aliphatic rings. The van der Waals surface area contributed by atoms with E-state index in [1.807, 2.05) is 0 Å². The van der Waals surface area contributed by atoms with Crippen LogP contribution in [0.4, 0.5) is 0 Å². The molecule has 1 heterocycles. The van der Waals surface area contributed by atoms with Gasteiger partial charge in [0.2, 0.25) is 0 Å². The molecule has 0 aliphatic carbocycles. The molecule has 0 bridgehead atoms. The van der Waals surface area contributed by atoms with Crippen LogP contribution >= 0.6 is 0 Å². The maximum Gasteiger partial charge on any atom is 0.0127 e. The summed E-state index contributed by atoms with van der Waals surface area (Å²) in [5, 5.41) is 0. The summed E-state index contributed by atoms with van der Waals surface area (Å²) < 4.78 is 0. The Hall–Kier alpha value is -0.300. The molecule has 2 atom stereocenters. The third-order valence-corrected chi connectivity index (χ3v) is 2.97. The van der Waals surface area contributed by atoms with Gasteiger partial charge in [0.25, 0.3) is 0 Å². The Labute approximate surface area is 76.5 Å². The van der Waals surface area contributed by atoms with Gasteiger partial charge in [0.15, 0.2) is 0 Å². The lowest BCUT2D eigenvalue weighted by molar-refractivity contribution is 0.311. The van der Waals surface area contributed by atoms with Crippen molar-refractivity contribution in [2.24, 2.45) is 5.92 Å². The van der Waals surface area contributed by atoms with E-state index in [-0.39, 0.29) is 0 Å². The molecule has 2 unspecified atom stereocenters. The molecule has 70 valence electrons. The van der Waals surface area contributed by atoms with Crippen LogP contribution in [0.25, 0.3) is 0 Å². The van der Waals surface area contributed by atoms with Crippen LogP contribution in [-0.2, 0) is 0 Å². The number of likely N-dealkylation sites (tertiary alicyclic amines) is 1. The number of hydrogen-bond acceptors (Lipinski definition) is 1. The Morgan fingerprint density at radius 2 is 2.25 bits per heavy atom. The molecule has 0 amide bonds.